The number of hydrogen-bond donors (Lipinski definition) is 2. The third-order valence-electron chi connectivity index (χ3n) is 3.58. The van der Waals surface area contributed by atoms with Gasteiger partial charge in [0.1, 0.15) is 11.6 Å². The molecule has 0 aliphatic heterocycles. The number of halogens is 1. The Morgan fingerprint density at radius 3 is 2.67 bits per heavy atom. The topological polar surface area (TPSA) is 99.4 Å². The molecule has 0 radical (unpaired) electrons. The number of para-hydroxylation sites is 1. The van der Waals surface area contributed by atoms with E-state index in [1.165, 1.54) is 19.1 Å². The van der Waals surface area contributed by atoms with Crippen LogP contribution in [0.1, 0.15) is 29.8 Å². The fraction of sp³-hybridized carbons (Fsp3) is 0.150. The van der Waals surface area contributed by atoms with E-state index in [1.54, 1.807) is 37.3 Å². The maximum atomic E-state index is 12.5. The SMILES string of the molecule is CCOc1cc(/C=C(/C#N)C(=O)Nc2ccccc2C(C)=O)cc(Br)c1O. The molecule has 0 aliphatic carbocycles. The number of carbonyl (C=O) groups is 2. The zero-order chi connectivity index (χ0) is 20.0. The van der Waals surface area contributed by atoms with Gasteiger partial charge in [-0.3, -0.25) is 9.59 Å². The van der Waals surface area contributed by atoms with Crippen LogP contribution in [-0.2, 0) is 4.79 Å². The van der Waals surface area contributed by atoms with Crippen LogP contribution < -0.4 is 10.1 Å². The summed E-state index contributed by atoms with van der Waals surface area (Å²) in [6, 6.07) is 11.5. The third-order valence-corrected chi connectivity index (χ3v) is 4.19. The van der Waals surface area contributed by atoms with Crippen molar-refractivity contribution in [3.05, 3.63) is 57.6 Å². The second-order valence-corrected chi connectivity index (χ2v) is 6.36. The van der Waals surface area contributed by atoms with Crippen molar-refractivity contribution in [2.75, 3.05) is 11.9 Å². The first-order valence-electron chi connectivity index (χ1n) is 8.05. The van der Waals surface area contributed by atoms with E-state index in [0.717, 1.165) is 0 Å². The molecule has 0 saturated carbocycles. The maximum absolute atomic E-state index is 12.5. The number of phenolic OH excluding ortho intramolecular Hbond substituents is 1. The predicted octanol–water partition coefficient (Wildman–Crippen LogP) is 4.30. The standard InChI is InChI=1S/C20H17BrN2O4/c1-3-27-18-10-13(9-16(21)19(18)25)8-14(11-22)20(26)23-17-7-5-4-6-15(17)12(2)24/h4-10,25H,3H2,1-2H3,(H,23,26)/b14-8-. The number of phenols is 1. The van der Waals surface area contributed by atoms with E-state index >= 15 is 0 Å². The highest BCUT2D eigenvalue weighted by molar-refractivity contribution is 9.10. The smallest absolute Gasteiger partial charge is 0.266 e. The van der Waals surface area contributed by atoms with Gasteiger partial charge in [-0.25, -0.2) is 0 Å². The zero-order valence-electron chi connectivity index (χ0n) is 14.7. The summed E-state index contributed by atoms with van der Waals surface area (Å²) in [7, 11) is 0. The van der Waals surface area contributed by atoms with Crippen LogP contribution in [0.4, 0.5) is 5.69 Å². The van der Waals surface area contributed by atoms with Gasteiger partial charge in [-0.15, -0.1) is 0 Å². The van der Waals surface area contributed by atoms with Gasteiger partial charge in [-0.05, 0) is 65.7 Å². The van der Waals surface area contributed by atoms with Gasteiger partial charge in [0.05, 0.1) is 16.8 Å². The number of anilines is 1. The number of nitrogens with one attached hydrogen (secondary N) is 1. The van der Waals surface area contributed by atoms with Gasteiger partial charge in [-0.1, -0.05) is 12.1 Å². The molecule has 0 unspecified atom stereocenters. The van der Waals surface area contributed by atoms with E-state index in [0.29, 0.717) is 27.9 Å². The molecule has 0 atom stereocenters. The Bertz CT molecular complexity index is 961. The largest absolute Gasteiger partial charge is 0.503 e. The summed E-state index contributed by atoms with van der Waals surface area (Å²) in [6.07, 6.45) is 1.37. The van der Waals surface area contributed by atoms with Crippen LogP contribution in [0.2, 0.25) is 0 Å². The lowest BCUT2D eigenvalue weighted by Gasteiger charge is -2.10. The number of ketones is 1. The summed E-state index contributed by atoms with van der Waals surface area (Å²) >= 11 is 3.21. The molecule has 0 bridgehead atoms. The Kier molecular flexibility index (Phi) is 6.74. The average Bonchev–Trinajstić information content (AvgIpc) is 2.64. The summed E-state index contributed by atoms with van der Waals surface area (Å²) in [5.41, 5.74) is 1.02. The molecule has 2 aromatic carbocycles. The van der Waals surface area contributed by atoms with Crippen molar-refractivity contribution in [1.29, 1.82) is 5.26 Å². The Balaban J connectivity index is 2.36. The van der Waals surface area contributed by atoms with Crippen molar-refractivity contribution in [2.24, 2.45) is 0 Å². The van der Waals surface area contributed by atoms with E-state index in [-0.39, 0.29) is 22.9 Å². The Labute approximate surface area is 165 Å². The number of nitriles is 1. The van der Waals surface area contributed by atoms with E-state index in [1.807, 2.05) is 6.07 Å². The molecule has 6 nitrogen and oxygen atoms in total. The highest BCUT2D eigenvalue weighted by atomic mass is 79.9. The summed E-state index contributed by atoms with van der Waals surface area (Å²) in [6.45, 7) is 3.52. The van der Waals surface area contributed by atoms with Crippen LogP contribution in [0.5, 0.6) is 11.5 Å². The molecule has 27 heavy (non-hydrogen) atoms. The Morgan fingerprint density at radius 1 is 1.33 bits per heavy atom. The van der Waals surface area contributed by atoms with Crippen LogP contribution in [0, 0.1) is 11.3 Å². The summed E-state index contributed by atoms with van der Waals surface area (Å²) in [5.74, 6) is -0.671. The second-order valence-electron chi connectivity index (χ2n) is 5.51. The molecule has 0 aliphatic rings. The van der Waals surface area contributed by atoms with E-state index in [9.17, 15) is 20.0 Å². The average molecular weight is 429 g/mol. The number of aromatic hydroxyl groups is 1. The molecular weight excluding hydrogens is 412 g/mol. The number of nitrogens with zero attached hydrogens (tertiary/aromatic N) is 1. The van der Waals surface area contributed by atoms with Crippen LogP contribution in [-0.4, -0.2) is 23.4 Å². The number of benzene rings is 2. The van der Waals surface area contributed by atoms with Crippen molar-refractivity contribution < 1.29 is 19.4 Å². The molecule has 0 aromatic heterocycles. The fourth-order valence-electron chi connectivity index (χ4n) is 2.35. The Hall–Kier alpha value is -3.11. The first-order chi connectivity index (χ1) is 12.9. The van der Waals surface area contributed by atoms with Gasteiger partial charge < -0.3 is 15.2 Å². The van der Waals surface area contributed by atoms with Gasteiger partial charge in [0, 0.05) is 5.56 Å². The molecule has 0 saturated heterocycles. The third kappa shape index (κ3) is 4.96. The van der Waals surface area contributed by atoms with E-state index in [2.05, 4.69) is 21.2 Å². The quantitative estimate of drug-likeness (QED) is 0.405. The number of rotatable bonds is 6. The van der Waals surface area contributed by atoms with Crippen LogP contribution in [0.25, 0.3) is 6.08 Å². The van der Waals surface area contributed by atoms with Gasteiger partial charge in [-0.2, -0.15) is 5.26 Å². The second kappa shape index (κ2) is 9.01. The molecular formula is C20H17BrN2O4. The predicted molar refractivity (Wildman–Crippen MR) is 106 cm³/mol. The first kappa shape index (κ1) is 20.2. The Morgan fingerprint density at radius 2 is 2.04 bits per heavy atom. The molecule has 0 fully saturated rings. The zero-order valence-corrected chi connectivity index (χ0v) is 16.3. The van der Waals surface area contributed by atoms with Crippen LogP contribution in [0.3, 0.4) is 0 Å². The normalized spacial score (nSPS) is 10.8. The molecule has 2 N–H and O–H groups in total. The van der Waals surface area contributed by atoms with Crippen LogP contribution in [0.15, 0.2) is 46.4 Å². The van der Waals surface area contributed by atoms with E-state index < -0.39 is 5.91 Å². The number of Topliss-reactive ketones (excluding diaryl/α,β-unsaturated/α-hetero) is 1. The minimum absolute atomic E-state index is 0.0626. The molecule has 0 heterocycles. The number of carbonyl (C=O) groups excluding carboxylic acids is 2. The van der Waals surface area contributed by atoms with Crippen molar-refractivity contribution >= 4 is 39.4 Å². The highest BCUT2D eigenvalue weighted by Gasteiger charge is 2.15. The number of ether oxygens (including phenoxy) is 1. The summed E-state index contributed by atoms with van der Waals surface area (Å²) in [4.78, 5) is 24.2. The first-order valence-corrected chi connectivity index (χ1v) is 8.85. The minimum Gasteiger partial charge on any atom is -0.503 e. The summed E-state index contributed by atoms with van der Waals surface area (Å²) < 4.78 is 5.72. The maximum Gasteiger partial charge on any atom is 0.266 e. The molecule has 7 heteroatoms. The van der Waals surface area contributed by atoms with Crippen molar-refractivity contribution in [3.8, 4) is 17.6 Å². The van der Waals surface area contributed by atoms with Crippen molar-refractivity contribution in [3.63, 3.8) is 0 Å². The lowest BCUT2D eigenvalue weighted by molar-refractivity contribution is -0.112. The van der Waals surface area contributed by atoms with Gasteiger partial charge in [0.2, 0.25) is 0 Å². The molecule has 2 aromatic rings. The lowest BCUT2D eigenvalue weighted by atomic mass is 10.1. The molecule has 1 amide bonds. The van der Waals surface area contributed by atoms with E-state index in [4.69, 9.17) is 4.74 Å². The highest BCUT2D eigenvalue weighted by Crippen LogP contribution is 2.36. The van der Waals surface area contributed by atoms with Crippen LogP contribution >= 0.6 is 15.9 Å². The monoisotopic (exact) mass is 428 g/mol. The number of hydrogen-bond acceptors (Lipinski definition) is 5. The fourth-order valence-corrected chi connectivity index (χ4v) is 2.81. The van der Waals surface area contributed by atoms with Crippen molar-refractivity contribution in [1.82, 2.24) is 0 Å². The summed E-state index contributed by atoms with van der Waals surface area (Å²) in [5, 5.41) is 21.9. The molecule has 2 rings (SSSR count). The van der Waals surface area contributed by atoms with Crippen molar-refractivity contribution in [2.45, 2.75) is 13.8 Å². The molecule has 0 spiro atoms. The lowest BCUT2D eigenvalue weighted by Crippen LogP contribution is -2.15. The van der Waals surface area contributed by atoms with Gasteiger partial charge in [0.25, 0.3) is 5.91 Å². The minimum atomic E-state index is -0.645. The number of amides is 1. The van der Waals surface area contributed by atoms with Gasteiger partial charge in [0.15, 0.2) is 17.3 Å². The van der Waals surface area contributed by atoms with Gasteiger partial charge >= 0.3 is 0 Å². The molecule has 138 valence electrons.